The molecule has 0 saturated carbocycles. The van der Waals surface area contributed by atoms with Gasteiger partial charge in [0.1, 0.15) is 5.82 Å². The van der Waals surface area contributed by atoms with Gasteiger partial charge < -0.3 is 20.3 Å². The number of rotatable bonds is 4. The number of likely N-dealkylation sites (tertiary alicyclic amines) is 1. The van der Waals surface area contributed by atoms with Crippen molar-refractivity contribution in [2.75, 3.05) is 18.4 Å². The van der Waals surface area contributed by atoms with Gasteiger partial charge in [0.15, 0.2) is 5.65 Å². The normalized spacial score (nSPS) is 19.1. The molecule has 0 aliphatic carbocycles. The van der Waals surface area contributed by atoms with Crippen molar-refractivity contribution >= 4 is 28.3 Å². The molecule has 1 saturated heterocycles. The molecule has 3 N–H and O–H groups in total. The van der Waals surface area contributed by atoms with Crippen LogP contribution in [-0.2, 0) is 4.79 Å². The summed E-state index contributed by atoms with van der Waals surface area (Å²) in [6.07, 6.45) is 3.56. The summed E-state index contributed by atoms with van der Waals surface area (Å²) in [7, 11) is 0. The molecule has 1 amide bonds. The molecule has 1 aliphatic heterocycles. The number of imidazole rings is 1. The molecule has 4 heterocycles. The lowest BCUT2D eigenvalue weighted by atomic mass is 10.1. The van der Waals surface area contributed by atoms with Crippen molar-refractivity contribution in [3.8, 4) is 11.3 Å². The Balaban J connectivity index is 1.72. The molecule has 4 aromatic rings. The van der Waals surface area contributed by atoms with E-state index in [1.807, 2.05) is 42.7 Å². The van der Waals surface area contributed by atoms with Gasteiger partial charge in [-0.05, 0) is 25.1 Å². The Hall–Kier alpha value is -3.39. The average Bonchev–Trinajstić information content (AvgIpc) is 3.44. The Morgan fingerprint density at radius 3 is 2.80 bits per heavy atom. The number of carbonyl (C=O) groups excluding carboxylic acids is 1. The van der Waals surface area contributed by atoms with Crippen LogP contribution in [-0.4, -0.2) is 54.5 Å². The monoisotopic (exact) mass is 404 g/mol. The van der Waals surface area contributed by atoms with Crippen LogP contribution in [0.25, 0.3) is 27.9 Å². The molecule has 0 spiro atoms. The first-order valence-corrected chi connectivity index (χ1v) is 10.2. The lowest BCUT2D eigenvalue weighted by Crippen LogP contribution is -2.30. The van der Waals surface area contributed by atoms with Crippen molar-refractivity contribution in [1.82, 2.24) is 24.3 Å². The van der Waals surface area contributed by atoms with Gasteiger partial charge in [-0.15, -0.1) is 0 Å². The topological polar surface area (TPSA) is 98.6 Å². The first kappa shape index (κ1) is 18.6. The van der Waals surface area contributed by atoms with Gasteiger partial charge in [0.05, 0.1) is 35.1 Å². The summed E-state index contributed by atoms with van der Waals surface area (Å²) in [4.78, 5) is 26.7. The summed E-state index contributed by atoms with van der Waals surface area (Å²) in [5, 5.41) is 13.6. The van der Waals surface area contributed by atoms with E-state index in [0.29, 0.717) is 13.0 Å². The second-order valence-corrected chi connectivity index (χ2v) is 7.69. The van der Waals surface area contributed by atoms with Crippen molar-refractivity contribution in [3.05, 3.63) is 48.5 Å². The smallest absolute Gasteiger partial charge is 0.220 e. The van der Waals surface area contributed by atoms with Gasteiger partial charge in [-0.3, -0.25) is 9.20 Å². The molecule has 1 aliphatic rings. The minimum atomic E-state index is -0.558. The summed E-state index contributed by atoms with van der Waals surface area (Å²) in [5.41, 5.74) is 5.37. The standard InChI is InChI=1S/C22H24N6O2/c1-3-23-15-6-4-14(5-7-15)20-19-11-25-21-17(8-9-24-21)28(19)22(26-20)18-10-16(30)12-27(18)13(2)29/h4-9,11,16,18,23-24,30H,3,10,12H2,1-2H3/t16-,18-/m1/s1. The van der Waals surface area contributed by atoms with Crippen LogP contribution in [0, 0.1) is 0 Å². The van der Waals surface area contributed by atoms with E-state index in [1.165, 1.54) is 6.92 Å². The van der Waals surface area contributed by atoms with Crippen LogP contribution in [0.15, 0.2) is 42.7 Å². The summed E-state index contributed by atoms with van der Waals surface area (Å²) in [5.74, 6) is 0.679. The highest BCUT2D eigenvalue weighted by molar-refractivity contribution is 5.85. The quantitative estimate of drug-likeness (QED) is 0.486. The van der Waals surface area contributed by atoms with Crippen molar-refractivity contribution in [3.63, 3.8) is 0 Å². The second-order valence-electron chi connectivity index (χ2n) is 7.69. The number of fused-ring (bicyclic) bond motifs is 3. The second kappa shape index (κ2) is 7.14. The third-order valence-electron chi connectivity index (χ3n) is 5.72. The number of aromatic nitrogens is 4. The third kappa shape index (κ3) is 2.91. The zero-order valence-corrected chi connectivity index (χ0v) is 17.0. The van der Waals surface area contributed by atoms with Gasteiger partial charge in [0.25, 0.3) is 0 Å². The number of H-pyrrole nitrogens is 1. The third-order valence-corrected chi connectivity index (χ3v) is 5.72. The fourth-order valence-electron chi connectivity index (χ4n) is 4.38. The molecule has 8 heteroatoms. The van der Waals surface area contributed by atoms with Crippen molar-refractivity contribution < 1.29 is 9.90 Å². The number of benzene rings is 1. The molecular weight excluding hydrogens is 380 g/mol. The van der Waals surface area contributed by atoms with Gasteiger partial charge in [-0.25, -0.2) is 9.97 Å². The van der Waals surface area contributed by atoms with Gasteiger partial charge >= 0.3 is 0 Å². The summed E-state index contributed by atoms with van der Waals surface area (Å²) in [6, 6.07) is 9.82. The molecule has 2 atom stereocenters. The Morgan fingerprint density at radius 1 is 1.27 bits per heavy atom. The SMILES string of the molecule is CCNc1ccc(-c2nc([C@H]3C[C@@H](O)CN3C(C)=O)n3c2cnc2[nH]ccc23)cc1. The number of anilines is 1. The summed E-state index contributed by atoms with van der Waals surface area (Å²) < 4.78 is 2.06. The van der Waals surface area contributed by atoms with Crippen molar-refractivity contribution in [1.29, 1.82) is 0 Å². The highest BCUT2D eigenvalue weighted by atomic mass is 16.3. The van der Waals surface area contributed by atoms with Gasteiger partial charge in [0, 0.05) is 43.9 Å². The number of β-amino-alcohol motifs (C(OH)–C–C–N with tert-alkyl or cyclic N) is 1. The Labute approximate surface area is 173 Å². The number of nitrogens with zero attached hydrogens (tertiary/aromatic N) is 4. The maximum atomic E-state index is 12.3. The van der Waals surface area contributed by atoms with E-state index in [2.05, 4.69) is 26.6 Å². The van der Waals surface area contributed by atoms with Gasteiger partial charge in [-0.1, -0.05) is 12.1 Å². The maximum absolute atomic E-state index is 12.3. The number of aliphatic hydroxyl groups is 1. The molecule has 30 heavy (non-hydrogen) atoms. The summed E-state index contributed by atoms with van der Waals surface area (Å²) >= 11 is 0. The largest absolute Gasteiger partial charge is 0.391 e. The van der Waals surface area contributed by atoms with E-state index < -0.39 is 6.10 Å². The van der Waals surface area contributed by atoms with Crippen LogP contribution in [0.1, 0.15) is 32.1 Å². The van der Waals surface area contributed by atoms with Crippen LogP contribution < -0.4 is 5.32 Å². The van der Waals surface area contributed by atoms with Crippen LogP contribution in [0.4, 0.5) is 5.69 Å². The number of amides is 1. The molecule has 3 aromatic heterocycles. The average molecular weight is 404 g/mol. The van der Waals surface area contributed by atoms with E-state index in [4.69, 9.17) is 4.98 Å². The molecule has 5 rings (SSSR count). The predicted octanol–water partition coefficient (Wildman–Crippen LogP) is 2.96. The molecule has 0 radical (unpaired) electrons. The van der Waals surface area contributed by atoms with E-state index in [-0.39, 0.29) is 11.9 Å². The van der Waals surface area contributed by atoms with Crippen LogP contribution >= 0.6 is 0 Å². The number of hydrogen-bond donors (Lipinski definition) is 3. The predicted molar refractivity (Wildman–Crippen MR) is 115 cm³/mol. The van der Waals surface area contributed by atoms with E-state index in [0.717, 1.165) is 46.0 Å². The number of nitrogens with one attached hydrogen (secondary N) is 2. The fraction of sp³-hybridized carbons (Fsp3) is 0.318. The Morgan fingerprint density at radius 2 is 2.07 bits per heavy atom. The Bertz CT molecular complexity index is 1230. The molecule has 1 aromatic carbocycles. The molecule has 8 nitrogen and oxygen atoms in total. The highest BCUT2D eigenvalue weighted by Crippen LogP contribution is 2.36. The Kier molecular flexibility index (Phi) is 4.43. The maximum Gasteiger partial charge on any atom is 0.220 e. The van der Waals surface area contributed by atoms with Gasteiger partial charge in [0.2, 0.25) is 5.91 Å². The number of aromatic amines is 1. The van der Waals surface area contributed by atoms with Crippen LogP contribution in [0.5, 0.6) is 0 Å². The van der Waals surface area contributed by atoms with E-state index in [1.54, 1.807) is 4.90 Å². The first-order chi connectivity index (χ1) is 14.6. The zero-order chi connectivity index (χ0) is 20.8. The van der Waals surface area contributed by atoms with E-state index in [9.17, 15) is 9.90 Å². The van der Waals surface area contributed by atoms with Crippen molar-refractivity contribution in [2.45, 2.75) is 32.4 Å². The number of hydrogen-bond acceptors (Lipinski definition) is 5. The number of carbonyl (C=O) groups is 1. The minimum absolute atomic E-state index is 0.0655. The lowest BCUT2D eigenvalue weighted by molar-refractivity contribution is -0.130. The van der Waals surface area contributed by atoms with Crippen LogP contribution in [0.2, 0.25) is 0 Å². The lowest BCUT2D eigenvalue weighted by Gasteiger charge is -2.22. The fourth-order valence-corrected chi connectivity index (χ4v) is 4.38. The minimum Gasteiger partial charge on any atom is -0.391 e. The highest BCUT2D eigenvalue weighted by Gasteiger charge is 2.37. The zero-order valence-electron chi connectivity index (χ0n) is 17.0. The molecule has 154 valence electrons. The van der Waals surface area contributed by atoms with Crippen LogP contribution in [0.3, 0.4) is 0 Å². The van der Waals surface area contributed by atoms with Gasteiger partial charge in [-0.2, -0.15) is 0 Å². The number of aliphatic hydroxyl groups excluding tert-OH is 1. The van der Waals surface area contributed by atoms with E-state index >= 15 is 0 Å². The molecular formula is C22H24N6O2. The molecule has 0 bridgehead atoms. The first-order valence-electron chi connectivity index (χ1n) is 10.2. The molecule has 0 unspecified atom stereocenters. The van der Waals surface area contributed by atoms with Crippen molar-refractivity contribution in [2.24, 2.45) is 0 Å². The summed E-state index contributed by atoms with van der Waals surface area (Å²) in [6.45, 7) is 4.78. The molecule has 1 fully saturated rings.